The van der Waals surface area contributed by atoms with E-state index in [1.165, 1.54) is 5.56 Å². The summed E-state index contributed by atoms with van der Waals surface area (Å²) in [6.07, 6.45) is 0.888. The van der Waals surface area contributed by atoms with E-state index in [2.05, 4.69) is 22.3 Å². The van der Waals surface area contributed by atoms with Gasteiger partial charge < -0.3 is 14.8 Å². The lowest BCUT2D eigenvalue weighted by molar-refractivity contribution is -0.123. The second-order valence-corrected chi connectivity index (χ2v) is 6.97. The Bertz CT molecular complexity index is 703. The van der Waals surface area contributed by atoms with Crippen LogP contribution in [0.25, 0.3) is 0 Å². The first-order valence-electron chi connectivity index (χ1n) is 9.21. The second kappa shape index (κ2) is 10.3. The molecule has 5 nitrogen and oxygen atoms in total. The van der Waals surface area contributed by atoms with Gasteiger partial charge in [0, 0.05) is 30.7 Å². The van der Waals surface area contributed by atoms with E-state index >= 15 is 0 Å². The van der Waals surface area contributed by atoms with Gasteiger partial charge in [0.2, 0.25) is 0 Å². The van der Waals surface area contributed by atoms with Gasteiger partial charge in [-0.2, -0.15) is 0 Å². The minimum atomic E-state index is -0.128. The van der Waals surface area contributed by atoms with Crippen LogP contribution in [-0.4, -0.2) is 56.3 Å². The van der Waals surface area contributed by atoms with Crippen molar-refractivity contribution in [2.24, 2.45) is 0 Å². The topological polar surface area (TPSA) is 50.8 Å². The number of morpholine rings is 1. The van der Waals surface area contributed by atoms with Crippen LogP contribution in [0.4, 0.5) is 0 Å². The average molecular weight is 389 g/mol. The van der Waals surface area contributed by atoms with E-state index in [9.17, 15) is 4.79 Å². The number of hydrogen-bond donors (Lipinski definition) is 1. The van der Waals surface area contributed by atoms with Gasteiger partial charge in [-0.1, -0.05) is 41.9 Å². The molecule has 3 rings (SSSR count). The van der Waals surface area contributed by atoms with Crippen LogP contribution in [0.5, 0.6) is 5.75 Å². The largest absolute Gasteiger partial charge is 0.484 e. The maximum absolute atomic E-state index is 12.2. The number of hydrogen-bond acceptors (Lipinski definition) is 4. The molecule has 0 radical (unpaired) electrons. The molecule has 1 atom stereocenters. The minimum absolute atomic E-state index is 0.0111. The summed E-state index contributed by atoms with van der Waals surface area (Å²) in [6, 6.07) is 17.6. The standard InChI is InChI=1S/C21H25ClN2O3/c22-18-6-8-20(9-7-18)27-16-21(25)23-15-19(24-10-12-26-13-11-24)14-17-4-2-1-3-5-17/h1-9,19H,10-16H2,(H,23,25). The van der Waals surface area contributed by atoms with Crippen LogP contribution < -0.4 is 10.1 Å². The van der Waals surface area contributed by atoms with Crippen molar-refractivity contribution in [3.63, 3.8) is 0 Å². The van der Waals surface area contributed by atoms with Crippen LogP contribution in [0.3, 0.4) is 0 Å². The molecule has 0 aliphatic carbocycles. The van der Waals surface area contributed by atoms with Gasteiger partial charge in [0.05, 0.1) is 13.2 Å². The highest BCUT2D eigenvalue weighted by molar-refractivity contribution is 6.30. The van der Waals surface area contributed by atoms with E-state index in [1.807, 2.05) is 18.2 Å². The molecule has 1 amide bonds. The van der Waals surface area contributed by atoms with Crippen molar-refractivity contribution in [3.8, 4) is 5.75 Å². The highest BCUT2D eigenvalue weighted by atomic mass is 35.5. The Morgan fingerprint density at radius 3 is 2.52 bits per heavy atom. The third kappa shape index (κ3) is 6.54. The van der Waals surface area contributed by atoms with Crippen molar-refractivity contribution in [2.75, 3.05) is 39.5 Å². The quantitative estimate of drug-likeness (QED) is 0.755. The summed E-state index contributed by atoms with van der Waals surface area (Å²) >= 11 is 5.85. The molecule has 1 aliphatic rings. The smallest absolute Gasteiger partial charge is 0.257 e. The summed E-state index contributed by atoms with van der Waals surface area (Å²) in [6.45, 7) is 3.81. The molecule has 144 valence electrons. The van der Waals surface area contributed by atoms with Crippen molar-refractivity contribution in [1.82, 2.24) is 10.2 Å². The Kier molecular flexibility index (Phi) is 7.51. The van der Waals surface area contributed by atoms with Crippen molar-refractivity contribution < 1.29 is 14.3 Å². The van der Waals surface area contributed by atoms with Gasteiger partial charge in [-0.15, -0.1) is 0 Å². The highest BCUT2D eigenvalue weighted by Gasteiger charge is 2.22. The molecule has 27 heavy (non-hydrogen) atoms. The second-order valence-electron chi connectivity index (χ2n) is 6.54. The van der Waals surface area contributed by atoms with E-state index < -0.39 is 0 Å². The predicted molar refractivity (Wildman–Crippen MR) is 106 cm³/mol. The van der Waals surface area contributed by atoms with Crippen molar-refractivity contribution in [1.29, 1.82) is 0 Å². The third-order valence-electron chi connectivity index (χ3n) is 4.59. The molecule has 1 unspecified atom stereocenters. The number of carbonyl (C=O) groups is 1. The van der Waals surface area contributed by atoms with Crippen LogP contribution in [0, 0.1) is 0 Å². The molecule has 2 aromatic rings. The summed E-state index contributed by atoms with van der Waals surface area (Å²) in [5.74, 6) is 0.500. The molecule has 1 fully saturated rings. The third-order valence-corrected chi connectivity index (χ3v) is 4.85. The minimum Gasteiger partial charge on any atom is -0.484 e. The number of ether oxygens (including phenoxy) is 2. The van der Waals surface area contributed by atoms with E-state index in [1.54, 1.807) is 24.3 Å². The van der Waals surface area contributed by atoms with Crippen LogP contribution in [-0.2, 0) is 16.0 Å². The number of halogens is 1. The monoisotopic (exact) mass is 388 g/mol. The molecule has 0 saturated carbocycles. The van der Waals surface area contributed by atoms with Crippen molar-refractivity contribution in [2.45, 2.75) is 12.5 Å². The summed E-state index contributed by atoms with van der Waals surface area (Å²) < 4.78 is 11.0. The van der Waals surface area contributed by atoms with E-state index in [-0.39, 0.29) is 18.6 Å². The zero-order valence-electron chi connectivity index (χ0n) is 15.3. The molecule has 2 aromatic carbocycles. The normalized spacial score (nSPS) is 15.9. The molecule has 1 saturated heterocycles. The maximum Gasteiger partial charge on any atom is 0.257 e. The molecule has 6 heteroatoms. The summed E-state index contributed by atoms with van der Waals surface area (Å²) in [4.78, 5) is 14.6. The highest BCUT2D eigenvalue weighted by Crippen LogP contribution is 2.15. The van der Waals surface area contributed by atoms with Gasteiger partial charge in [-0.05, 0) is 36.2 Å². The Morgan fingerprint density at radius 1 is 1.11 bits per heavy atom. The van der Waals surface area contributed by atoms with Gasteiger partial charge >= 0.3 is 0 Å². The fraction of sp³-hybridized carbons (Fsp3) is 0.381. The summed E-state index contributed by atoms with van der Waals surface area (Å²) in [7, 11) is 0. The number of amides is 1. The number of carbonyl (C=O) groups excluding carboxylic acids is 1. The molecule has 1 heterocycles. The van der Waals surface area contributed by atoms with Gasteiger partial charge in [0.15, 0.2) is 6.61 Å². The summed E-state index contributed by atoms with van der Waals surface area (Å²) in [5.41, 5.74) is 1.26. The van der Waals surface area contributed by atoms with Gasteiger partial charge in [-0.25, -0.2) is 0 Å². The molecule has 1 aliphatic heterocycles. The van der Waals surface area contributed by atoms with E-state index in [0.717, 1.165) is 32.7 Å². The van der Waals surface area contributed by atoms with Gasteiger partial charge in [0.1, 0.15) is 5.75 Å². The Morgan fingerprint density at radius 2 is 1.81 bits per heavy atom. The lowest BCUT2D eigenvalue weighted by Crippen LogP contribution is -2.50. The van der Waals surface area contributed by atoms with Crippen LogP contribution in [0.2, 0.25) is 5.02 Å². The first kappa shape index (κ1) is 19.7. The molecule has 1 N–H and O–H groups in total. The van der Waals surface area contributed by atoms with Gasteiger partial charge in [-0.3, -0.25) is 9.69 Å². The van der Waals surface area contributed by atoms with Crippen LogP contribution in [0.1, 0.15) is 5.56 Å². The van der Waals surface area contributed by atoms with Gasteiger partial charge in [0.25, 0.3) is 5.91 Å². The fourth-order valence-corrected chi connectivity index (χ4v) is 3.25. The Labute approximate surface area is 165 Å². The lowest BCUT2D eigenvalue weighted by atomic mass is 10.0. The molecular weight excluding hydrogens is 364 g/mol. The number of benzene rings is 2. The number of rotatable bonds is 8. The molecule has 0 aromatic heterocycles. The van der Waals surface area contributed by atoms with Crippen LogP contribution >= 0.6 is 11.6 Å². The molecule has 0 bridgehead atoms. The van der Waals surface area contributed by atoms with Crippen molar-refractivity contribution in [3.05, 3.63) is 65.2 Å². The number of nitrogens with one attached hydrogen (secondary N) is 1. The van der Waals surface area contributed by atoms with Crippen LogP contribution in [0.15, 0.2) is 54.6 Å². The Balaban J connectivity index is 1.51. The zero-order valence-corrected chi connectivity index (χ0v) is 16.0. The fourth-order valence-electron chi connectivity index (χ4n) is 3.12. The predicted octanol–water partition coefficient (Wildman–Crippen LogP) is 2.78. The molecular formula is C21H25ClN2O3. The average Bonchev–Trinajstić information content (AvgIpc) is 2.72. The SMILES string of the molecule is O=C(COc1ccc(Cl)cc1)NCC(Cc1ccccc1)N1CCOCC1. The first-order chi connectivity index (χ1) is 13.2. The van der Waals surface area contributed by atoms with E-state index in [4.69, 9.17) is 21.1 Å². The Hall–Kier alpha value is -2.08. The van der Waals surface area contributed by atoms with E-state index in [0.29, 0.717) is 17.3 Å². The maximum atomic E-state index is 12.2. The zero-order chi connectivity index (χ0) is 18.9. The first-order valence-corrected chi connectivity index (χ1v) is 9.59. The van der Waals surface area contributed by atoms with Crippen molar-refractivity contribution >= 4 is 17.5 Å². The summed E-state index contributed by atoms with van der Waals surface area (Å²) in [5, 5.41) is 3.65. The molecule has 0 spiro atoms. The number of nitrogens with zero attached hydrogens (tertiary/aromatic N) is 1. The lowest BCUT2D eigenvalue weighted by Gasteiger charge is -2.34.